The molecule has 92 valence electrons. The first-order valence-corrected chi connectivity index (χ1v) is 6.13. The molecule has 0 bridgehead atoms. The Morgan fingerprint density at radius 3 is 2.59 bits per heavy atom. The number of nitrogens with one attached hydrogen (secondary N) is 1. The number of aromatic nitrogens is 2. The molecule has 17 heavy (non-hydrogen) atoms. The molecule has 0 aliphatic heterocycles. The molecule has 0 saturated heterocycles. The number of benzene rings is 1. The van der Waals surface area contributed by atoms with Crippen LogP contribution in [0.15, 0.2) is 24.3 Å². The van der Waals surface area contributed by atoms with E-state index in [4.69, 9.17) is 0 Å². The summed E-state index contributed by atoms with van der Waals surface area (Å²) in [5, 5.41) is 3.49. The van der Waals surface area contributed by atoms with Gasteiger partial charge in [0.15, 0.2) is 0 Å². The lowest BCUT2D eigenvalue weighted by atomic mass is 10.1. The van der Waals surface area contributed by atoms with Gasteiger partial charge in [0.25, 0.3) is 0 Å². The van der Waals surface area contributed by atoms with E-state index in [1.807, 2.05) is 6.07 Å². The van der Waals surface area contributed by atoms with Crippen molar-refractivity contribution in [1.82, 2.24) is 14.9 Å². The lowest BCUT2D eigenvalue weighted by molar-refractivity contribution is 0.426. The molecule has 2 aromatic rings. The summed E-state index contributed by atoms with van der Waals surface area (Å²) in [6, 6.07) is 8.27. The number of nitrogens with zero attached hydrogens (tertiary/aromatic N) is 2. The van der Waals surface area contributed by atoms with E-state index < -0.39 is 0 Å². The Balaban J connectivity index is 2.11. The molecule has 1 aromatic carbocycles. The van der Waals surface area contributed by atoms with Gasteiger partial charge in [0.05, 0.1) is 11.0 Å². The summed E-state index contributed by atoms with van der Waals surface area (Å²) in [7, 11) is 2.09. The molecule has 0 atom stereocenters. The highest BCUT2D eigenvalue weighted by atomic mass is 15.1. The van der Waals surface area contributed by atoms with Gasteiger partial charge in [-0.25, -0.2) is 4.98 Å². The molecule has 0 unspecified atom stereocenters. The summed E-state index contributed by atoms with van der Waals surface area (Å²) in [6.45, 7) is 7.51. The second-order valence-electron chi connectivity index (χ2n) is 5.50. The van der Waals surface area contributed by atoms with Crippen molar-refractivity contribution in [2.24, 2.45) is 7.05 Å². The van der Waals surface area contributed by atoms with E-state index in [1.165, 1.54) is 5.52 Å². The van der Waals surface area contributed by atoms with Crippen LogP contribution < -0.4 is 5.32 Å². The maximum atomic E-state index is 4.65. The Bertz CT molecular complexity index is 506. The smallest absolute Gasteiger partial charge is 0.110 e. The number of rotatable bonds is 3. The minimum atomic E-state index is 0.171. The molecule has 3 heteroatoms. The van der Waals surface area contributed by atoms with Crippen LogP contribution in [0.5, 0.6) is 0 Å². The van der Waals surface area contributed by atoms with Crippen molar-refractivity contribution in [2.45, 2.75) is 32.7 Å². The van der Waals surface area contributed by atoms with E-state index in [-0.39, 0.29) is 5.54 Å². The molecule has 2 rings (SSSR count). The third-order valence-electron chi connectivity index (χ3n) is 2.88. The first-order valence-electron chi connectivity index (χ1n) is 6.13. The van der Waals surface area contributed by atoms with Gasteiger partial charge in [0, 0.05) is 25.6 Å². The third-order valence-corrected chi connectivity index (χ3v) is 2.88. The van der Waals surface area contributed by atoms with Gasteiger partial charge in [-0.15, -0.1) is 0 Å². The Morgan fingerprint density at radius 2 is 1.94 bits per heavy atom. The first-order chi connectivity index (χ1) is 7.97. The summed E-state index contributed by atoms with van der Waals surface area (Å²) in [6.07, 6.45) is 0.961. The normalized spacial score (nSPS) is 12.2. The van der Waals surface area contributed by atoms with E-state index >= 15 is 0 Å². The van der Waals surface area contributed by atoms with Gasteiger partial charge in [-0.3, -0.25) is 0 Å². The summed E-state index contributed by atoms with van der Waals surface area (Å²) < 4.78 is 2.18. The molecule has 0 radical (unpaired) electrons. The Hall–Kier alpha value is -1.35. The summed E-state index contributed by atoms with van der Waals surface area (Å²) in [4.78, 5) is 4.65. The molecule has 0 fully saturated rings. The fourth-order valence-electron chi connectivity index (χ4n) is 1.97. The lowest BCUT2D eigenvalue weighted by Gasteiger charge is -2.20. The predicted octanol–water partition coefficient (Wildman–Crippen LogP) is 2.50. The van der Waals surface area contributed by atoms with E-state index in [9.17, 15) is 0 Å². The van der Waals surface area contributed by atoms with Crippen molar-refractivity contribution in [1.29, 1.82) is 0 Å². The van der Waals surface area contributed by atoms with Crippen molar-refractivity contribution in [2.75, 3.05) is 6.54 Å². The van der Waals surface area contributed by atoms with E-state index in [1.54, 1.807) is 0 Å². The maximum Gasteiger partial charge on any atom is 0.110 e. The van der Waals surface area contributed by atoms with Gasteiger partial charge >= 0.3 is 0 Å². The zero-order valence-corrected chi connectivity index (χ0v) is 11.1. The average molecular weight is 231 g/mol. The summed E-state index contributed by atoms with van der Waals surface area (Å²) >= 11 is 0. The number of para-hydroxylation sites is 2. The molecule has 0 spiro atoms. The fourth-order valence-corrected chi connectivity index (χ4v) is 1.97. The molecule has 0 amide bonds. The second kappa shape index (κ2) is 4.49. The Morgan fingerprint density at radius 1 is 1.24 bits per heavy atom. The molecule has 1 aromatic heterocycles. The molecule has 1 N–H and O–H groups in total. The minimum absolute atomic E-state index is 0.171. The van der Waals surface area contributed by atoms with Crippen molar-refractivity contribution in [3.05, 3.63) is 30.1 Å². The number of imidazole rings is 1. The van der Waals surface area contributed by atoms with Crippen molar-refractivity contribution in [3.63, 3.8) is 0 Å². The SMILES string of the molecule is Cn1c(CCNC(C)(C)C)nc2ccccc21. The zero-order valence-electron chi connectivity index (χ0n) is 11.1. The van der Waals surface area contributed by atoms with Crippen LogP contribution in [0.1, 0.15) is 26.6 Å². The van der Waals surface area contributed by atoms with E-state index in [0.29, 0.717) is 0 Å². The van der Waals surface area contributed by atoms with Crippen LogP contribution in [-0.2, 0) is 13.5 Å². The quantitative estimate of drug-likeness (QED) is 0.879. The van der Waals surface area contributed by atoms with Crippen LogP contribution in [0.4, 0.5) is 0 Å². The van der Waals surface area contributed by atoms with E-state index in [2.05, 4.69) is 60.9 Å². The average Bonchev–Trinajstić information content (AvgIpc) is 2.55. The summed E-state index contributed by atoms with van der Waals surface area (Å²) in [5.74, 6) is 1.14. The first kappa shape index (κ1) is 12.1. The van der Waals surface area contributed by atoms with Gasteiger partial charge < -0.3 is 9.88 Å². The standard InChI is InChI=1S/C14H21N3/c1-14(2,3)15-10-9-13-16-11-7-5-6-8-12(11)17(13)4/h5-8,15H,9-10H2,1-4H3. The fraction of sp³-hybridized carbons (Fsp3) is 0.500. The molecule has 1 heterocycles. The van der Waals surface area contributed by atoms with Crippen LogP contribution in [0.3, 0.4) is 0 Å². The molecule has 0 saturated carbocycles. The van der Waals surface area contributed by atoms with Crippen molar-refractivity contribution in [3.8, 4) is 0 Å². The van der Waals surface area contributed by atoms with Crippen LogP contribution in [0.25, 0.3) is 11.0 Å². The largest absolute Gasteiger partial charge is 0.331 e. The molecule has 3 nitrogen and oxygen atoms in total. The third kappa shape index (κ3) is 2.86. The Kier molecular flexibility index (Phi) is 3.20. The highest BCUT2D eigenvalue weighted by molar-refractivity contribution is 5.75. The molecular formula is C14H21N3. The lowest BCUT2D eigenvalue weighted by Crippen LogP contribution is -2.37. The number of aryl methyl sites for hydroxylation is 1. The maximum absolute atomic E-state index is 4.65. The van der Waals surface area contributed by atoms with Crippen LogP contribution in [-0.4, -0.2) is 21.6 Å². The number of hydrogen-bond donors (Lipinski definition) is 1. The van der Waals surface area contributed by atoms with Crippen LogP contribution in [0, 0.1) is 0 Å². The van der Waals surface area contributed by atoms with Crippen LogP contribution in [0.2, 0.25) is 0 Å². The Labute approximate surface area is 103 Å². The predicted molar refractivity (Wildman–Crippen MR) is 72.2 cm³/mol. The monoisotopic (exact) mass is 231 g/mol. The highest BCUT2D eigenvalue weighted by Gasteiger charge is 2.10. The number of hydrogen-bond acceptors (Lipinski definition) is 2. The molecular weight excluding hydrogens is 210 g/mol. The van der Waals surface area contributed by atoms with Gasteiger partial charge in [-0.1, -0.05) is 12.1 Å². The molecule has 0 aliphatic carbocycles. The van der Waals surface area contributed by atoms with Gasteiger partial charge in [-0.2, -0.15) is 0 Å². The number of fused-ring (bicyclic) bond motifs is 1. The van der Waals surface area contributed by atoms with Crippen LogP contribution >= 0.6 is 0 Å². The highest BCUT2D eigenvalue weighted by Crippen LogP contribution is 2.14. The zero-order chi connectivity index (χ0) is 12.5. The summed E-state index contributed by atoms with van der Waals surface area (Å²) in [5.41, 5.74) is 2.46. The van der Waals surface area contributed by atoms with E-state index in [0.717, 1.165) is 24.3 Å². The minimum Gasteiger partial charge on any atom is -0.331 e. The van der Waals surface area contributed by atoms with Gasteiger partial charge in [-0.05, 0) is 32.9 Å². The second-order valence-corrected chi connectivity index (χ2v) is 5.50. The van der Waals surface area contributed by atoms with Gasteiger partial charge in [0.2, 0.25) is 0 Å². The molecule has 0 aliphatic rings. The van der Waals surface area contributed by atoms with Crippen molar-refractivity contribution < 1.29 is 0 Å². The topological polar surface area (TPSA) is 29.9 Å². The van der Waals surface area contributed by atoms with Crippen molar-refractivity contribution >= 4 is 11.0 Å². The van der Waals surface area contributed by atoms with Gasteiger partial charge in [0.1, 0.15) is 5.82 Å².